The molecule has 1 heterocycles. The Bertz CT molecular complexity index is 646. The van der Waals surface area contributed by atoms with Crippen molar-refractivity contribution in [3.05, 3.63) is 71.3 Å². The van der Waals surface area contributed by atoms with Gasteiger partial charge in [0, 0.05) is 0 Å². The maximum absolute atomic E-state index is 6.52. The molecule has 0 saturated carbocycles. The minimum atomic E-state index is 0.219. The van der Waals surface area contributed by atoms with Crippen LogP contribution in [0.3, 0.4) is 0 Å². The van der Waals surface area contributed by atoms with Crippen molar-refractivity contribution >= 4 is 0 Å². The van der Waals surface area contributed by atoms with Crippen LogP contribution in [0.5, 0.6) is 0 Å². The van der Waals surface area contributed by atoms with Gasteiger partial charge in [-0.15, -0.1) is 0 Å². The van der Waals surface area contributed by atoms with Crippen LogP contribution >= 0.6 is 0 Å². The maximum atomic E-state index is 6.52. The van der Waals surface area contributed by atoms with Crippen LogP contribution in [0.4, 0.5) is 0 Å². The van der Waals surface area contributed by atoms with E-state index in [2.05, 4.69) is 82.3 Å². The van der Waals surface area contributed by atoms with E-state index in [9.17, 15) is 0 Å². The lowest BCUT2D eigenvalue weighted by Crippen LogP contribution is -2.40. The standard InChI is InChI=1S/C23H30O/c1-5-22-17(3)16(2)18(4)23(24-22)21-13-9-12-20(15-21)14-19-10-7-6-8-11-19/h6-13,15-18,22-23H,5,14H2,1-4H3/t16-,17-,18+,22+,23+/m0/s1. The van der Waals surface area contributed by atoms with E-state index in [1.54, 1.807) is 0 Å². The van der Waals surface area contributed by atoms with Crippen LogP contribution in [0.15, 0.2) is 54.6 Å². The Hall–Kier alpha value is -1.60. The molecule has 0 unspecified atom stereocenters. The Labute approximate surface area is 147 Å². The number of hydrogen-bond acceptors (Lipinski definition) is 1. The van der Waals surface area contributed by atoms with Crippen LogP contribution in [0.25, 0.3) is 0 Å². The lowest BCUT2D eigenvalue weighted by atomic mass is 9.74. The van der Waals surface area contributed by atoms with Crippen LogP contribution in [-0.4, -0.2) is 6.10 Å². The molecule has 1 heteroatoms. The molecule has 0 radical (unpaired) electrons. The van der Waals surface area contributed by atoms with Gasteiger partial charge in [0.05, 0.1) is 12.2 Å². The molecule has 1 nitrogen and oxygen atoms in total. The van der Waals surface area contributed by atoms with Crippen molar-refractivity contribution in [2.75, 3.05) is 0 Å². The monoisotopic (exact) mass is 322 g/mol. The predicted molar refractivity (Wildman–Crippen MR) is 101 cm³/mol. The highest BCUT2D eigenvalue weighted by atomic mass is 16.5. The highest BCUT2D eigenvalue weighted by Gasteiger charge is 2.38. The summed E-state index contributed by atoms with van der Waals surface area (Å²) in [6, 6.07) is 19.7. The van der Waals surface area contributed by atoms with Crippen molar-refractivity contribution < 1.29 is 4.74 Å². The predicted octanol–water partition coefficient (Wildman–Crippen LogP) is 6.04. The normalized spacial score (nSPS) is 30.2. The Morgan fingerprint density at radius 3 is 2.21 bits per heavy atom. The van der Waals surface area contributed by atoms with E-state index in [-0.39, 0.29) is 6.10 Å². The molecule has 1 fully saturated rings. The minimum Gasteiger partial charge on any atom is -0.370 e. The van der Waals surface area contributed by atoms with Crippen LogP contribution in [-0.2, 0) is 11.2 Å². The average Bonchev–Trinajstić information content (AvgIpc) is 2.61. The largest absolute Gasteiger partial charge is 0.370 e. The quantitative estimate of drug-likeness (QED) is 0.667. The first-order chi connectivity index (χ1) is 11.6. The van der Waals surface area contributed by atoms with Gasteiger partial charge in [-0.3, -0.25) is 0 Å². The van der Waals surface area contributed by atoms with Gasteiger partial charge in [0.1, 0.15) is 0 Å². The summed E-state index contributed by atoms with van der Waals surface area (Å²) in [4.78, 5) is 0. The van der Waals surface area contributed by atoms with Gasteiger partial charge in [-0.2, -0.15) is 0 Å². The van der Waals surface area contributed by atoms with Crippen molar-refractivity contribution in [1.82, 2.24) is 0 Å². The number of ether oxygens (including phenoxy) is 1. The molecule has 0 aromatic heterocycles. The zero-order chi connectivity index (χ0) is 17.1. The summed E-state index contributed by atoms with van der Waals surface area (Å²) in [5.41, 5.74) is 4.07. The average molecular weight is 322 g/mol. The molecule has 0 N–H and O–H groups in total. The topological polar surface area (TPSA) is 9.23 Å². The van der Waals surface area contributed by atoms with E-state index < -0.39 is 0 Å². The van der Waals surface area contributed by atoms with E-state index in [4.69, 9.17) is 4.74 Å². The fourth-order valence-electron chi connectivity index (χ4n) is 4.09. The van der Waals surface area contributed by atoms with Crippen molar-refractivity contribution in [1.29, 1.82) is 0 Å². The third-order valence-corrected chi connectivity index (χ3v) is 5.98. The third-order valence-electron chi connectivity index (χ3n) is 5.98. The van der Waals surface area contributed by atoms with E-state index in [0.717, 1.165) is 12.8 Å². The van der Waals surface area contributed by atoms with Gasteiger partial charge in [-0.25, -0.2) is 0 Å². The molecule has 0 amide bonds. The zero-order valence-electron chi connectivity index (χ0n) is 15.4. The molecule has 24 heavy (non-hydrogen) atoms. The van der Waals surface area contributed by atoms with Crippen LogP contribution < -0.4 is 0 Å². The first kappa shape index (κ1) is 17.2. The van der Waals surface area contributed by atoms with Gasteiger partial charge >= 0.3 is 0 Å². The molecular weight excluding hydrogens is 292 g/mol. The fourth-order valence-corrected chi connectivity index (χ4v) is 4.09. The van der Waals surface area contributed by atoms with Gasteiger partial charge in [0.25, 0.3) is 0 Å². The van der Waals surface area contributed by atoms with Gasteiger partial charge in [0.2, 0.25) is 0 Å². The van der Waals surface area contributed by atoms with Crippen molar-refractivity contribution in [3.63, 3.8) is 0 Å². The Balaban J connectivity index is 1.82. The fraction of sp³-hybridized carbons (Fsp3) is 0.478. The first-order valence-electron chi connectivity index (χ1n) is 9.38. The minimum absolute atomic E-state index is 0.219. The van der Waals surface area contributed by atoms with Gasteiger partial charge in [0.15, 0.2) is 0 Å². The SMILES string of the molecule is CC[C@H]1O[C@@H](c2cccc(Cc3ccccc3)c2)[C@H](C)[C@@H](C)[C@@H]1C. The first-order valence-corrected chi connectivity index (χ1v) is 9.38. The summed E-state index contributed by atoms with van der Waals surface area (Å²) in [5, 5.41) is 0. The van der Waals surface area contributed by atoms with Crippen molar-refractivity contribution in [2.45, 2.75) is 52.7 Å². The van der Waals surface area contributed by atoms with E-state index in [1.165, 1.54) is 16.7 Å². The smallest absolute Gasteiger partial charge is 0.0857 e. The summed E-state index contributed by atoms with van der Waals surface area (Å²) in [6.45, 7) is 9.33. The molecule has 5 atom stereocenters. The molecule has 0 aliphatic carbocycles. The lowest BCUT2D eigenvalue weighted by Gasteiger charge is -2.44. The second-order valence-corrected chi connectivity index (χ2v) is 7.49. The molecule has 1 aliphatic rings. The van der Waals surface area contributed by atoms with E-state index in [0.29, 0.717) is 23.9 Å². The lowest BCUT2D eigenvalue weighted by molar-refractivity contribution is -0.136. The number of rotatable bonds is 4. The highest BCUT2D eigenvalue weighted by molar-refractivity contribution is 5.31. The number of benzene rings is 2. The number of hydrogen-bond donors (Lipinski definition) is 0. The molecule has 1 aliphatic heterocycles. The molecule has 1 saturated heterocycles. The second-order valence-electron chi connectivity index (χ2n) is 7.49. The van der Waals surface area contributed by atoms with E-state index in [1.807, 2.05) is 0 Å². The maximum Gasteiger partial charge on any atom is 0.0857 e. The molecular formula is C23H30O. The molecule has 128 valence electrons. The van der Waals surface area contributed by atoms with Crippen LogP contribution in [0, 0.1) is 17.8 Å². The summed E-state index contributed by atoms with van der Waals surface area (Å²) < 4.78 is 6.52. The van der Waals surface area contributed by atoms with Crippen molar-refractivity contribution in [3.8, 4) is 0 Å². The van der Waals surface area contributed by atoms with Gasteiger partial charge in [-0.05, 0) is 47.3 Å². The molecule has 3 rings (SSSR count). The molecule has 2 aromatic carbocycles. The molecule has 0 bridgehead atoms. The Kier molecular flexibility index (Phi) is 5.40. The summed E-state index contributed by atoms with van der Waals surface area (Å²) in [6.07, 6.45) is 2.67. The van der Waals surface area contributed by atoms with Crippen LogP contribution in [0.1, 0.15) is 56.9 Å². The zero-order valence-corrected chi connectivity index (χ0v) is 15.4. The highest BCUT2D eigenvalue weighted by Crippen LogP contribution is 2.43. The van der Waals surface area contributed by atoms with Gasteiger partial charge in [-0.1, -0.05) is 82.3 Å². The van der Waals surface area contributed by atoms with E-state index >= 15 is 0 Å². The summed E-state index contributed by atoms with van der Waals surface area (Å²) >= 11 is 0. The Morgan fingerprint density at radius 2 is 1.50 bits per heavy atom. The molecule has 2 aromatic rings. The summed E-state index contributed by atoms with van der Waals surface area (Å²) in [7, 11) is 0. The Morgan fingerprint density at radius 1 is 0.792 bits per heavy atom. The molecule has 0 spiro atoms. The van der Waals surface area contributed by atoms with Crippen LogP contribution in [0.2, 0.25) is 0 Å². The summed E-state index contributed by atoms with van der Waals surface area (Å²) in [5.74, 6) is 1.87. The van der Waals surface area contributed by atoms with Crippen molar-refractivity contribution in [2.24, 2.45) is 17.8 Å². The third kappa shape index (κ3) is 3.57. The van der Waals surface area contributed by atoms with Gasteiger partial charge < -0.3 is 4.74 Å². The second kappa shape index (κ2) is 7.53.